The van der Waals surface area contributed by atoms with Gasteiger partial charge in [0.15, 0.2) is 5.01 Å². The van der Waals surface area contributed by atoms with Crippen LogP contribution in [-0.4, -0.2) is 57.6 Å². The number of amides is 1. The Morgan fingerprint density at radius 3 is 2.60 bits per heavy atom. The highest BCUT2D eigenvalue weighted by Crippen LogP contribution is 2.38. The normalized spacial score (nSPS) is 16.0. The van der Waals surface area contributed by atoms with Crippen molar-refractivity contribution in [3.8, 4) is 10.4 Å². The van der Waals surface area contributed by atoms with Gasteiger partial charge in [-0.25, -0.2) is 18.7 Å². The zero-order chi connectivity index (χ0) is 22.2. The molecule has 164 valence electrons. The largest absolute Gasteiger partial charge is 0.408 e. The van der Waals surface area contributed by atoms with Crippen molar-refractivity contribution in [3.05, 3.63) is 28.5 Å². The summed E-state index contributed by atoms with van der Waals surface area (Å²) in [6.45, 7) is 3.68. The first-order valence-electron chi connectivity index (χ1n) is 8.92. The molecule has 2 aromatic heterocycles. The van der Waals surface area contributed by atoms with E-state index in [1.54, 1.807) is 23.6 Å². The Kier molecular flexibility index (Phi) is 6.56. The third-order valence-electron chi connectivity index (χ3n) is 4.72. The molecule has 0 bridgehead atoms. The minimum Gasteiger partial charge on any atom is -0.359 e. The first-order valence-corrected chi connectivity index (χ1v) is 11.0. The van der Waals surface area contributed by atoms with Gasteiger partial charge in [-0.05, 0) is 26.2 Å². The number of hydrogen-bond donors (Lipinski definition) is 1. The van der Waals surface area contributed by atoms with Gasteiger partial charge in [-0.3, -0.25) is 4.79 Å². The van der Waals surface area contributed by atoms with Crippen LogP contribution < -0.4 is 5.32 Å². The Morgan fingerprint density at radius 2 is 2.03 bits per heavy atom. The van der Waals surface area contributed by atoms with Crippen LogP contribution in [-0.2, 0) is 0 Å². The number of likely N-dealkylation sites (tertiary alicyclic amines) is 1. The van der Waals surface area contributed by atoms with Gasteiger partial charge in [0.1, 0.15) is 11.9 Å². The fourth-order valence-corrected chi connectivity index (χ4v) is 4.57. The number of thioether (sulfide) groups is 1. The second kappa shape index (κ2) is 8.66. The monoisotopic (exact) mass is 466 g/mol. The predicted molar refractivity (Wildman–Crippen MR) is 107 cm³/mol. The Balaban J connectivity index is 1.88. The lowest BCUT2D eigenvalue weighted by Crippen LogP contribution is -2.51. The molecule has 0 spiro atoms. The molecule has 1 saturated heterocycles. The van der Waals surface area contributed by atoms with Gasteiger partial charge in [0.2, 0.25) is 0 Å². The molecule has 1 atom stereocenters. The van der Waals surface area contributed by atoms with Gasteiger partial charge in [-0.15, -0.1) is 11.3 Å². The van der Waals surface area contributed by atoms with Gasteiger partial charge in [0, 0.05) is 35.7 Å². The zero-order valence-corrected chi connectivity index (χ0v) is 17.9. The number of aryl methyl sites for hydroxylation is 1. The maximum atomic E-state index is 13.7. The lowest BCUT2D eigenvalue weighted by Gasteiger charge is -2.37. The highest BCUT2D eigenvalue weighted by atomic mass is 32.2. The number of anilines is 1. The van der Waals surface area contributed by atoms with E-state index in [0.717, 1.165) is 30.5 Å². The number of pyridine rings is 1. The molecule has 1 amide bonds. The smallest absolute Gasteiger partial charge is 0.359 e. The number of rotatable bonds is 6. The lowest BCUT2D eigenvalue weighted by molar-refractivity contribution is -0.138. The summed E-state index contributed by atoms with van der Waals surface area (Å²) in [5, 5.41) is 2.66. The fourth-order valence-electron chi connectivity index (χ4n) is 2.85. The van der Waals surface area contributed by atoms with Gasteiger partial charge in [0.05, 0.1) is 10.6 Å². The van der Waals surface area contributed by atoms with Gasteiger partial charge in [0.25, 0.3) is 12.3 Å². The minimum atomic E-state index is -4.54. The first kappa shape index (κ1) is 22.7. The van der Waals surface area contributed by atoms with Crippen molar-refractivity contribution in [2.75, 3.05) is 24.7 Å². The average Bonchev–Trinajstić information content (AvgIpc) is 3.01. The number of nitrogens with one attached hydrogen (secondary N) is 1. The van der Waals surface area contributed by atoms with E-state index in [1.807, 2.05) is 6.26 Å². The van der Waals surface area contributed by atoms with Crippen LogP contribution in [0.3, 0.4) is 0 Å². The summed E-state index contributed by atoms with van der Waals surface area (Å²) in [4.78, 5) is 22.6. The van der Waals surface area contributed by atoms with Crippen LogP contribution in [0, 0.1) is 6.92 Å². The number of hydrogen-bond acceptors (Lipinski definition) is 6. The van der Waals surface area contributed by atoms with Crippen LogP contribution in [0.25, 0.3) is 10.4 Å². The molecule has 0 saturated carbocycles. The summed E-state index contributed by atoms with van der Waals surface area (Å²) in [7, 11) is 0. The molecule has 1 aliphatic heterocycles. The van der Waals surface area contributed by atoms with Crippen LogP contribution in [0.1, 0.15) is 34.4 Å². The maximum absolute atomic E-state index is 13.7. The Labute approximate surface area is 178 Å². The number of aromatic nitrogens is 2. The van der Waals surface area contributed by atoms with Gasteiger partial charge in [-0.2, -0.15) is 24.9 Å². The van der Waals surface area contributed by atoms with Crippen LogP contribution in [0.4, 0.5) is 27.8 Å². The highest BCUT2D eigenvalue weighted by Gasteiger charge is 2.36. The quantitative estimate of drug-likeness (QED) is 0.607. The molecule has 3 heterocycles. The molecule has 1 aliphatic rings. The molecule has 12 heteroatoms. The van der Waals surface area contributed by atoms with E-state index in [2.05, 4.69) is 15.3 Å². The molecule has 2 aromatic rings. The second-order valence-electron chi connectivity index (χ2n) is 6.87. The van der Waals surface area contributed by atoms with E-state index in [-0.39, 0.29) is 22.3 Å². The summed E-state index contributed by atoms with van der Waals surface area (Å²) in [5.41, 5.74) is -0.0350. The van der Waals surface area contributed by atoms with Crippen LogP contribution in [0.15, 0.2) is 12.3 Å². The molecule has 5 nitrogen and oxygen atoms in total. The van der Waals surface area contributed by atoms with Crippen molar-refractivity contribution < 1.29 is 26.7 Å². The lowest BCUT2D eigenvalue weighted by atomic mass is 10.1. The molecule has 0 aromatic carbocycles. The molecule has 3 rings (SSSR count). The van der Waals surface area contributed by atoms with E-state index in [0.29, 0.717) is 28.9 Å². The van der Waals surface area contributed by atoms with E-state index in [1.165, 1.54) is 0 Å². The minimum absolute atomic E-state index is 0.0508. The number of nitrogens with zero attached hydrogens (tertiary/aromatic N) is 3. The summed E-state index contributed by atoms with van der Waals surface area (Å²) >= 11 is 2.65. The molecule has 0 radical (unpaired) electrons. The molecule has 30 heavy (non-hydrogen) atoms. The Hall–Kier alpha value is -1.95. The predicted octanol–water partition coefficient (Wildman–Crippen LogP) is 5.00. The van der Waals surface area contributed by atoms with Crippen molar-refractivity contribution in [2.45, 2.75) is 37.7 Å². The topological polar surface area (TPSA) is 58.1 Å². The van der Waals surface area contributed by atoms with Crippen LogP contribution in [0.2, 0.25) is 0 Å². The SMILES string of the molecule is CSC1CN(C(=O)c2nc(C)c(-c3cnc(NC(C)C(F)(F)F)cc3C(F)F)s2)C1. The second-order valence-corrected chi connectivity index (χ2v) is 9.00. The summed E-state index contributed by atoms with van der Waals surface area (Å²) < 4.78 is 65.5. The molecular formula is C18H19F5N4OS2. The van der Waals surface area contributed by atoms with E-state index in [4.69, 9.17) is 0 Å². The van der Waals surface area contributed by atoms with Crippen molar-refractivity contribution in [2.24, 2.45) is 0 Å². The molecule has 1 unspecified atom stereocenters. The van der Waals surface area contributed by atoms with Gasteiger partial charge < -0.3 is 10.2 Å². The number of alkyl halides is 5. The van der Waals surface area contributed by atoms with E-state index < -0.39 is 24.2 Å². The highest BCUT2D eigenvalue weighted by molar-refractivity contribution is 7.99. The van der Waals surface area contributed by atoms with Crippen LogP contribution >= 0.6 is 23.1 Å². The number of thiazole rings is 1. The van der Waals surface area contributed by atoms with E-state index >= 15 is 0 Å². The van der Waals surface area contributed by atoms with Gasteiger partial charge >= 0.3 is 6.18 Å². The number of halogens is 5. The molecule has 1 fully saturated rings. The van der Waals surface area contributed by atoms with Crippen LogP contribution in [0.5, 0.6) is 0 Å². The van der Waals surface area contributed by atoms with Gasteiger partial charge in [-0.1, -0.05) is 0 Å². The third kappa shape index (κ3) is 4.69. The standard InChI is InChI=1S/C18H19F5N4OS2/c1-8-14(30-16(25-8)17(28)27-6-10(7-27)29-3)12-5-24-13(4-11(12)15(19)20)26-9(2)18(21,22)23/h4-5,9-10,15H,6-7H2,1-3H3,(H,24,26). The molecular weight excluding hydrogens is 447 g/mol. The number of carbonyl (C=O) groups excluding carboxylic acids is 1. The zero-order valence-electron chi connectivity index (χ0n) is 16.3. The Morgan fingerprint density at radius 1 is 1.37 bits per heavy atom. The van der Waals surface area contributed by atoms with Crippen molar-refractivity contribution >= 4 is 34.8 Å². The maximum Gasteiger partial charge on any atom is 0.408 e. The average molecular weight is 467 g/mol. The summed E-state index contributed by atoms with van der Waals surface area (Å²) in [6, 6.07) is -1.04. The van der Waals surface area contributed by atoms with Crippen molar-refractivity contribution in [1.29, 1.82) is 0 Å². The van der Waals surface area contributed by atoms with E-state index in [9.17, 15) is 26.7 Å². The molecule has 1 N–H and O–H groups in total. The first-order chi connectivity index (χ1) is 14.0. The fraction of sp³-hybridized carbons (Fsp3) is 0.500. The molecule has 0 aliphatic carbocycles. The van der Waals surface area contributed by atoms with Crippen molar-refractivity contribution in [3.63, 3.8) is 0 Å². The summed E-state index contributed by atoms with van der Waals surface area (Å²) in [6.07, 6.45) is -4.43. The third-order valence-corrected chi connectivity index (χ3v) is 6.86. The Bertz CT molecular complexity index is 928. The summed E-state index contributed by atoms with van der Waals surface area (Å²) in [5.74, 6) is -0.565. The number of carbonyl (C=O) groups is 1. The van der Waals surface area contributed by atoms with Crippen molar-refractivity contribution in [1.82, 2.24) is 14.9 Å².